The summed E-state index contributed by atoms with van der Waals surface area (Å²) in [6, 6.07) is 17.5. The first-order valence-corrected chi connectivity index (χ1v) is 11.1. The zero-order chi connectivity index (χ0) is 21.6. The third-order valence-electron chi connectivity index (χ3n) is 6.13. The molecule has 0 N–H and O–H groups in total. The Morgan fingerprint density at radius 1 is 1.00 bits per heavy atom. The molecular formula is C25H31N3O3. The molecular weight excluding hydrogens is 390 g/mol. The molecule has 0 aromatic heterocycles. The molecule has 2 aliphatic rings. The number of likely N-dealkylation sites (tertiary alicyclic amines) is 1. The Balaban J connectivity index is 1.48. The van der Waals surface area contributed by atoms with E-state index in [2.05, 4.69) is 29.2 Å². The van der Waals surface area contributed by atoms with Crippen LogP contribution in [0.3, 0.4) is 0 Å². The lowest BCUT2D eigenvalue weighted by molar-refractivity contribution is -0.147. The van der Waals surface area contributed by atoms with Crippen molar-refractivity contribution in [1.29, 1.82) is 0 Å². The Kier molecular flexibility index (Phi) is 6.87. The van der Waals surface area contributed by atoms with E-state index in [0.717, 1.165) is 50.3 Å². The van der Waals surface area contributed by atoms with Crippen LogP contribution < -0.4 is 4.90 Å². The molecule has 0 saturated carbocycles. The maximum atomic E-state index is 13.5. The van der Waals surface area contributed by atoms with Crippen LogP contribution in [0.4, 0.5) is 5.69 Å². The van der Waals surface area contributed by atoms with Gasteiger partial charge in [0, 0.05) is 45.3 Å². The zero-order valence-electron chi connectivity index (χ0n) is 18.2. The summed E-state index contributed by atoms with van der Waals surface area (Å²) in [6.07, 6.45) is 2.36. The molecule has 164 valence electrons. The summed E-state index contributed by atoms with van der Waals surface area (Å²) in [6.45, 7) is 4.46. The number of piperidine rings is 1. The minimum absolute atomic E-state index is 0.0429. The topological polar surface area (TPSA) is 53.1 Å². The number of likely N-dealkylation sites (N-methyl/N-ethyl adjacent to an activating group) is 1. The van der Waals surface area contributed by atoms with Crippen molar-refractivity contribution in [2.75, 3.05) is 44.8 Å². The quantitative estimate of drug-likeness (QED) is 0.719. The van der Waals surface area contributed by atoms with Gasteiger partial charge in [0.1, 0.15) is 6.04 Å². The van der Waals surface area contributed by atoms with E-state index >= 15 is 0 Å². The molecule has 2 fully saturated rings. The number of nitrogens with zero attached hydrogens (tertiary/aromatic N) is 3. The number of hydrogen-bond donors (Lipinski definition) is 0. The van der Waals surface area contributed by atoms with Crippen molar-refractivity contribution in [3.05, 3.63) is 65.7 Å². The minimum atomic E-state index is -0.563. The van der Waals surface area contributed by atoms with Crippen LogP contribution in [0.25, 0.3) is 0 Å². The number of ether oxygens (including phenoxy) is 1. The molecule has 2 amide bonds. The van der Waals surface area contributed by atoms with Crippen LogP contribution >= 0.6 is 0 Å². The first kappa shape index (κ1) is 21.4. The monoisotopic (exact) mass is 421 g/mol. The average Bonchev–Trinajstić information content (AvgIpc) is 2.82. The molecule has 1 unspecified atom stereocenters. The minimum Gasteiger partial charge on any atom is -0.378 e. The highest BCUT2D eigenvalue weighted by Gasteiger charge is 2.34. The number of rotatable bonds is 6. The van der Waals surface area contributed by atoms with E-state index in [9.17, 15) is 9.59 Å². The van der Waals surface area contributed by atoms with Gasteiger partial charge in [-0.3, -0.25) is 9.59 Å². The van der Waals surface area contributed by atoms with Gasteiger partial charge in [0.15, 0.2) is 0 Å². The van der Waals surface area contributed by atoms with Crippen LogP contribution in [0, 0.1) is 0 Å². The second kappa shape index (κ2) is 9.96. The molecule has 2 heterocycles. The zero-order valence-corrected chi connectivity index (χ0v) is 18.2. The molecule has 31 heavy (non-hydrogen) atoms. The van der Waals surface area contributed by atoms with Crippen molar-refractivity contribution in [1.82, 2.24) is 9.80 Å². The number of anilines is 1. The summed E-state index contributed by atoms with van der Waals surface area (Å²) in [5, 5.41) is 0. The fraction of sp³-hybridized carbons (Fsp3) is 0.440. The lowest BCUT2D eigenvalue weighted by Crippen LogP contribution is -2.46. The van der Waals surface area contributed by atoms with Crippen molar-refractivity contribution >= 4 is 17.5 Å². The van der Waals surface area contributed by atoms with E-state index in [0.29, 0.717) is 19.5 Å². The van der Waals surface area contributed by atoms with Crippen LogP contribution in [0.15, 0.2) is 54.6 Å². The molecule has 0 radical (unpaired) electrons. The summed E-state index contributed by atoms with van der Waals surface area (Å²) in [4.78, 5) is 32.0. The molecule has 6 heteroatoms. The van der Waals surface area contributed by atoms with Gasteiger partial charge in [-0.2, -0.15) is 0 Å². The highest BCUT2D eigenvalue weighted by molar-refractivity contribution is 5.89. The molecule has 4 rings (SSSR count). The van der Waals surface area contributed by atoms with E-state index in [-0.39, 0.29) is 11.8 Å². The van der Waals surface area contributed by atoms with Crippen LogP contribution in [0.2, 0.25) is 0 Å². The van der Waals surface area contributed by atoms with Gasteiger partial charge in [0.2, 0.25) is 11.8 Å². The predicted molar refractivity (Wildman–Crippen MR) is 121 cm³/mol. The maximum Gasteiger partial charge on any atom is 0.250 e. The third-order valence-corrected chi connectivity index (χ3v) is 6.13. The lowest BCUT2D eigenvalue weighted by Gasteiger charge is -2.36. The van der Waals surface area contributed by atoms with E-state index in [4.69, 9.17) is 4.74 Å². The lowest BCUT2D eigenvalue weighted by atomic mass is 10.00. The van der Waals surface area contributed by atoms with Crippen LogP contribution in [-0.4, -0.2) is 61.5 Å². The van der Waals surface area contributed by atoms with Gasteiger partial charge in [-0.05, 0) is 36.1 Å². The fourth-order valence-corrected chi connectivity index (χ4v) is 4.39. The highest BCUT2D eigenvalue weighted by Crippen LogP contribution is 2.28. The van der Waals surface area contributed by atoms with Crippen molar-refractivity contribution in [3.8, 4) is 0 Å². The molecule has 2 aromatic rings. The normalized spacial score (nSPS) is 18.0. The first-order valence-electron chi connectivity index (χ1n) is 11.1. The third kappa shape index (κ3) is 5.07. The second-order valence-electron chi connectivity index (χ2n) is 8.32. The van der Waals surface area contributed by atoms with Gasteiger partial charge in [-0.1, -0.05) is 42.5 Å². The van der Waals surface area contributed by atoms with E-state index in [1.54, 1.807) is 9.80 Å². The van der Waals surface area contributed by atoms with E-state index in [1.807, 2.05) is 37.4 Å². The summed E-state index contributed by atoms with van der Waals surface area (Å²) in [5.74, 6) is 0.0235. The number of carbonyl (C=O) groups is 2. The van der Waals surface area contributed by atoms with Gasteiger partial charge in [0.25, 0.3) is 0 Å². The van der Waals surface area contributed by atoms with Crippen molar-refractivity contribution in [3.63, 3.8) is 0 Å². The van der Waals surface area contributed by atoms with Crippen LogP contribution in [-0.2, 0) is 20.9 Å². The number of benzene rings is 2. The molecule has 1 atom stereocenters. The van der Waals surface area contributed by atoms with E-state index in [1.165, 1.54) is 5.69 Å². The molecule has 2 aromatic carbocycles. The molecule has 0 aliphatic carbocycles. The van der Waals surface area contributed by atoms with Crippen molar-refractivity contribution in [2.24, 2.45) is 0 Å². The van der Waals surface area contributed by atoms with Gasteiger partial charge in [0.05, 0.1) is 13.2 Å². The summed E-state index contributed by atoms with van der Waals surface area (Å²) in [7, 11) is 1.82. The van der Waals surface area contributed by atoms with Gasteiger partial charge >= 0.3 is 0 Å². The maximum absolute atomic E-state index is 13.5. The standard InChI is InChI=1S/C25H31N3O3/c1-26(19-20-10-12-22(13-11-20)27-15-17-31-18-16-27)25(30)24(21-7-3-2-4-8-21)28-14-6-5-9-23(28)29/h2-4,7-8,10-13,24H,5-6,9,14-19H2,1H3. The Morgan fingerprint density at radius 2 is 1.71 bits per heavy atom. The SMILES string of the molecule is CN(Cc1ccc(N2CCOCC2)cc1)C(=O)C(c1ccccc1)N1CCCCC1=O. The smallest absolute Gasteiger partial charge is 0.250 e. The molecule has 6 nitrogen and oxygen atoms in total. The molecule has 0 bridgehead atoms. The van der Waals surface area contributed by atoms with Crippen molar-refractivity contribution < 1.29 is 14.3 Å². The highest BCUT2D eigenvalue weighted by atomic mass is 16.5. The molecule has 2 aliphatic heterocycles. The number of amides is 2. The Morgan fingerprint density at radius 3 is 2.39 bits per heavy atom. The number of hydrogen-bond acceptors (Lipinski definition) is 4. The number of morpholine rings is 1. The summed E-state index contributed by atoms with van der Waals surface area (Å²) >= 11 is 0. The number of carbonyl (C=O) groups excluding carboxylic acids is 2. The van der Waals surface area contributed by atoms with Crippen LogP contribution in [0.5, 0.6) is 0 Å². The Hall–Kier alpha value is -2.86. The van der Waals surface area contributed by atoms with Crippen molar-refractivity contribution in [2.45, 2.75) is 31.8 Å². The summed E-state index contributed by atoms with van der Waals surface area (Å²) in [5.41, 5.74) is 3.13. The van der Waals surface area contributed by atoms with E-state index < -0.39 is 6.04 Å². The largest absolute Gasteiger partial charge is 0.378 e. The average molecular weight is 422 g/mol. The predicted octanol–water partition coefficient (Wildman–Crippen LogP) is 3.24. The molecule has 0 spiro atoms. The fourth-order valence-electron chi connectivity index (χ4n) is 4.39. The Bertz CT molecular complexity index is 879. The summed E-state index contributed by atoms with van der Waals surface area (Å²) < 4.78 is 5.43. The molecule has 2 saturated heterocycles. The Labute approximate surface area is 184 Å². The van der Waals surface area contributed by atoms with Gasteiger partial charge < -0.3 is 19.4 Å². The van der Waals surface area contributed by atoms with Gasteiger partial charge in [-0.25, -0.2) is 0 Å². The second-order valence-corrected chi connectivity index (χ2v) is 8.32. The van der Waals surface area contributed by atoms with Crippen LogP contribution in [0.1, 0.15) is 36.4 Å². The first-order chi connectivity index (χ1) is 15.1. The van der Waals surface area contributed by atoms with Gasteiger partial charge in [-0.15, -0.1) is 0 Å².